The monoisotopic (exact) mass is 492 g/mol. The number of carbonyl (C=O) groups is 1. The summed E-state index contributed by atoms with van der Waals surface area (Å²) in [5.74, 6) is 0.967. The van der Waals surface area contributed by atoms with Gasteiger partial charge in [0, 0.05) is 37.7 Å². The molecule has 0 N–H and O–H groups in total. The Morgan fingerprint density at radius 1 is 0.943 bits per heavy atom. The standard InChI is InChI=1S/C29H33ClN2O3/c1-22-4-3-5-24(18-22)21-35-28(25-8-10-26(30)11-9-25)20-31-14-16-32(17-15-31)29(33)19-23-6-12-27(34-2)13-7-23/h3-13,18,28H,14-17,19-21H2,1-2H3. The molecule has 1 aliphatic heterocycles. The molecule has 1 heterocycles. The van der Waals surface area contributed by atoms with Crippen molar-refractivity contribution in [1.29, 1.82) is 0 Å². The maximum Gasteiger partial charge on any atom is 0.227 e. The predicted octanol–water partition coefficient (Wildman–Crippen LogP) is 5.30. The number of rotatable bonds is 9. The molecule has 0 radical (unpaired) electrons. The molecule has 1 saturated heterocycles. The van der Waals surface area contributed by atoms with E-state index in [-0.39, 0.29) is 12.0 Å². The molecule has 5 nitrogen and oxygen atoms in total. The van der Waals surface area contributed by atoms with E-state index in [4.69, 9.17) is 21.1 Å². The van der Waals surface area contributed by atoms with E-state index in [1.165, 1.54) is 5.56 Å². The number of benzene rings is 3. The number of amides is 1. The number of piperazine rings is 1. The van der Waals surface area contributed by atoms with Gasteiger partial charge in [0.15, 0.2) is 0 Å². The summed E-state index contributed by atoms with van der Waals surface area (Å²) in [4.78, 5) is 17.2. The summed E-state index contributed by atoms with van der Waals surface area (Å²) in [6.07, 6.45) is 0.339. The highest BCUT2D eigenvalue weighted by molar-refractivity contribution is 6.30. The maximum atomic E-state index is 12.8. The molecule has 1 amide bonds. The smallest absolute Gasteiger partial charge is 0.227 e. The molecule has 1 aliphatic rings. The van der Waals surface area contributed by atoms with E-state index >= 15 is 0 Å². The molecule has 184 valence electrons. The SMILES string of the molecule is COc1ccc(CC(=O)N2CCN(CC(OCc3cccc(C)c3)c3ccc(Cl)cc3)CC2)cc1. The zero-order valence-corrected chi connectivity index (χ0v) is 21.2. The van der Waals surface area contributed by atoms with Gasteiger partial charge in [0.1, 0.15) is 5.75 Å². The van der Waals surface area contributed by atoms with Crippen molar-refractivity contribution in [2.24, 2.45) is 0 Å². The third kappa shape index (κ3) is 7.31. The van der Waals surface area contributed by atoms with Gasteiger partial charge in [0.25, 0.3) is 0 Å². The highest BCUT2D eigenvalue weighted by Crippen LogP contribution is 2.24. The fourth-order valence-electron chi connectivity index (χ4n) is 4.37. The van der Waals surface area contributed by atoms with Gasteiger partial charge in [0.05, 0.1) is 26.2 Å². The molecule has 1 atom stereocenters. The molecular weight excluding hydrogens is 460 g/mol. The Hall–Kier alpha value is -2.86. The first kappa shape index (κ1) is 25.2. The molecule has 0 aliphatic carbocycles. The molecule has 0 spiro atoms. The van der Waals surface area contributed by atoms with Gasteiger partial charge in [-0.15, -0.1) is 0 Å². The molecular formula is C29H33ClN2O3. The molecule has 4 rings (SSSR count). The minimum atomic E-state index is -0.0747. The molecule has 1 fully saturated rings. The van der Waals surface area contributed by atoms with Crippen molar-refractivity contribution in [3.8, 4) is 5.75 Å². The van der Waals surface area contributed by atoms with Crippen molar-refractivity contribution < 1.29 is 14.3 Å². The van der Waals surface area contributed by atoms with Crippen molar-refractivity contribution in [2.45, 2.75) is 26.1 Å². The zero-order valence-electron chi connectivity index (χ0n) is 20.5. The van der Waals surface area contributed by atoms with Gasteiger partial charge < -0.3 is 14.4 Å². The van der Waals surface area contributed by atoms with E-state index < -0.39 is 0 Å². The number of nitrogens with zero attached hydrogens (tertiary/aromatic N) is 2. The summed E-state index contributed by atoms with van der Waals surface area (Å²) in [5, 5.41) is 0.718. The Kier molecular flexibility index (Phi) is 8.80. The van der Waals surface area contributed by atoms with Crippen LogP contribution in [-0.4, -0.2) is 55.5 Å². The Morgan fingerprint density at radius 2 is 1.66 bits per heavy atom. The number of halogens is 1. The van der Waals surface area contributed by atoms with Crippen LogP contribution in [0.15, 0.2) is 72.8 Å². The number of aryl methyl sites for hydroxylation is 1. The van der Waals surface area contributed by atoms with Gasteiger partial charge in [-0.05, 0) is 47.9 Å². The van der Waals surface area contributed by atoms with E-state index in [1.807, 2.05) is 53.4 Å². The zero-order chi connectivity index (χ0) is 24.6. The first-order valence-corrected chi connectivity index (χ1v) is 12.4. The molecule has 3 aromatic carbocycles. The lowest BCUT2D eigenvalue weighted by Gasteiger charge is -2.36. The van der Waals surface area contributed by atoms with Gasteiger partial charge in [-0.1, -0.05) is 65.7 Å². The van der Waals surface area contributed by atoms with Gasteiger partial charge in [-0.25, -0.2) is 0 Å². The Labute approximate surface area is 213 Å². The van der Waals surface area contributed by atoms with Gasteiger partial charge in [-0.2, -0.15) is 0 Å². The first-order valence-electron chi connectivity index (χ1n) is 12.1. The lowest BCUT2D eigenvalue weighted by molar-refractivity contribution is -0.132. The number of methoxy groups -OCH3 is 1. The van der Waals surface area contributed by atoms with Crippen molar-refractivity contribution >= 4 is 17.5 Å². The van der Waals surface area contributed by atoms with E-state index in [1.54, 1.807) is 7.11 Å². The predicted molar refractivity (Wildman–Crippen MR) is 140 cm³/mol. The highest BCUT2D eigenvalue weighted by Gasteiger charge is 2.24. The number of hydrogen-bond acceptors (Lipinski definition) is 4. The van der Waals surface area contributed by atoms with Crippen molar-refractivity contribution in [2.75, 3.05) is 39.8 Å². The summed E-state index contributed by atoms with van der Waals surface area (Å²) >= 11 is 6.12. The second-order valence-electron chi connectivity index (χ2n) is 9.05. The third-order valence-electron chi connectivity index (χ3n) is 6.44. The summed E-state index contributed by atoms with van der Waals surface area (Å²) in [7, 11) is 1.64. The summed E-state index contributed by atoms with van der Waals surface area (Å²) in [6.45, 7) is 6.51. The van der Waals surface area contributed by atoms with Gasteiger partial charge >= 0.3 is 0 Å². The van der Waals surface area contributed by atoms with Crippen LogP contribution in [-0.2, 0) is 22.6 Å². The number of hydrogen-bond donors (Lipinski definition) is 0. The van der Waals surface area contributed by atoms with Crippen LogP contribution in [0.1, 0.15) is 28.4 Å². The second kappa shape index (κ2) is 12.2. The van der Waals surface area contributed by atoms with Crippen LogP contribution in [0.5, 0.6) is 5.75 Å². The fourth-order valence-corrected chi connectivity index (χ4v) is 4.50. The lowest BCUT2D eigenvalue weighted by Crippen LogP contribution is -2.50. The number of carbonyl (C=O) groups excluding carboxylic acids is 1. The molecule has 35 heavy (non-hydrogen) atoms. The van der Waals surface area contributed by atoms with E-state index in [9.17, 15) is 4.79 Å². The largest absolute Gasteiger partial charge is 0.497 e. The van der Waals surface area contributed by atoms with Crippen LogP contribution < -0.4 is 4.74 Å². The van der Waals surface area contributed by atoms with Crippen molar-refractivity contribution in [3.05, 3.63) is 100 Å². The van der Waals surface area contributed by atoms with Gasteiger partial charge in [0.2, 0.25) is 5.91 Å². The fraction of sp³-hybridized carbons (Fsp3) is 0.345. The van der Waals surface area contributed by atoms with E-state index in [2.05, 4.69) is 36.1 Å². The molecule has 1 unspecified atom stereocenters. The molecule has 3 aromatic rings. The summed E-state index contributed by atoms with van der Waals surface area (Å²) in [5.41, 5.74) is 4.51. The molecule has 0 saturated carbocycles. The second-order valence-corrected chi connectivity index (χ2v) is 9.48. The van der Waals surface area contributed by atoms with Crippen LogP contribution in [0.2, 0.25) is 5.02 Å². The normalized spacial score (nSPS) is 15.1. The molecule has 6 heteroatoms. The van der Waals surface area contributed by atoms with Crippen molar-refractivity contribution in [1.82, 2.24) is 9.80 Å². The van der Waals surface area contributed by atoms with Crippen LogP contribution in [0.4, 0.5) is 0 Å². The third-order valence-corrected chi connectivity index (χ3v) is 6.69. The Balaban J connectivity index is 1.33. The first-order chi connectivity index (χ1) is 17.0. The summed E-state index contributed by atoms with van der Waals surface area (Å²) in [6, 6.07) is 24.0. The van der Waals surface area contributed by atoms with Crippen molar-refractivity contribution in [3.63, 3.8) is 0 Å². The van der Waals surface area contributed by atoms with Crippen LogP contribution in [0.25, 0.3) is 0 Å². The Morgan fingerprint density at radius 3 is 2.31 bits per heavy atom. The molecule has 0 bridgehead atoms. The summed E-state index contributed by atoms with van der Waals surface area (Å²) < 4.78 is 11.6. The van der Waals surface area contributed by atoms with E-state index in [0.717, 1.165) is 60.2 Å². The molecule has 0 aromatic heterocycles. The minimum absolute atomic E-state index is 0.0747. The van der Waals surface area contributed by atoms with Crippen LogP contribution in [0.3, 0.4) is 0 Å². The average Bonchev–Trinajstić information content (AvgIpc) is 2.88. The average molecular weight is 493 g/mol. The Bertz CT molecular complexity index is 1090. The quantitative estimate of drug-likeness (QED) is 0.406. The van der Waals surface area contributed by atoms with Crippen LogP contribution in [0, 0.1) is 6.92 Å². The van der Waals surface area contributed by atoms with E-state index in [0.29, 0.717) is 13.0 Å². The van der Waals surface area contributed by atoms with Crippen LogP contribution >= 0.6 is 11.6 Å². The highest BCUT2D eigenvalue weighted by atomic mass is 35.5. The minimum Gasteiger partial charge on any atom is -0.497 e. The lowest BCUT2D eigenvalue weighted by atomic mass is 10.1. The number of ether oxygens (including phenoxy) is 2. The topological polar surface area (TPSA) is 42.0 Å². The van der Waals surface area contributed by atoms with Gasteiger partial charge in [-0.3, -0.25) is 9.69 Å². The maximum absolute atomic E-state index is 12.8.